The predicted molar refractivity (Wildman–Crippen MR) is 84.5 cm³/mol. The molecule has 0 unspecified atom stereocenters. The van der Waals surface area contributed by atoms with Crippen LogP contribution in [0.25, 0.3) is 0 Å². The van der Waals surface area contributed by atoms with Gasteiger partial charge in [0.15, 0.2) is 0 Å². The van der Waals surface area contributed by atoms with Crippen LogP contribution in [0.15, 0.2) is 0 Å². The van der Waals surface area contributed by atoms with E-state index in [4.69, 9.17) is 11.5 Å². The molecule has 0 radical (unpaired) electrons. The Kier molecular flexibility index (Phi) is 37.8. The molecule has 0 aromatic rings. The average molecular weight is 358 g/mol. The van der Waals surface area contributed by atoms with Gasteiger partial charge in [0.2, 0.25) is 0 Å². The Balaban J connectivity index is -0.000000112. The number of unbranched alkanes of at least 4 members (excludes halogenated alkanes) is 2. The molecular formula is C9H16N2Na2O2S4+2. The fraction of sp³-hybridized carbons (Fsp3) is 0.556. The van der Waals surface area contributed by atoms with Crippen molar-refractivity contribution in [3.63, 3.8) is 0 Å². The maximum atomic E-state index is 9.56. The van der Waals surface area contributed by atoms with Gasteiger partial charge in [0, 0.05) is 24.3 Å². The van der Waals surface area contributed by atoms with Crippen molar-refractivity contribution in [2.75, 3.05) is 11.5 Å². The number of rotatable bonds is 7. The van der Waals surface area contributed by atoms with Gasteiger partial charge in [0.25, 0.3) is 0 Å². The number of carbonyl (C=O) groups excluding carboxylic acids is 2. The second-order valence-electron chi connectivity index (χ2n) is 2.60. The first-order valence-electron chi connectivity index (χ1n) is 4.76. The zero-order valence-electron chi connectivity index (χ0n) is 11.3. The van der Waals surface area contributed by atoms with E-state index in [-0.39, 0.29) is 59.1 Å². The van der Waals surface area contributed by atoms with Crippen molar-refractivity contribution in [2.24, 2.45) is 11.5 Å². The van der Waals surface area contributed by atoms with Crippen molar-refractivity contribution < 1.29 is 68.7 Å². The Morgan fingerprint density at radius 2 is 1.21 bits per heavy atom. The van der Waals surface area contributed by atoms with Crippen LogP contribution in [-0.2, 0) is 9.59 Å². The molecule has 0 saturated heterocycles. The van der Waals surface area contributed by atoms with Crippen LogP contribution in [0, 0.1) is 0 Å². The molecule has 10 heteroatoms. The summed E-state index contributed by atoms with van der Waals surface area (Å²) < 4.78 is 0.951. The van der Waals surface area contributed by atoms with Gasteiger partial charge in [0.05, 0.1) is 0 Å². The summed E-state index contributed by atoms with van der Waals surface area (Å²) >= 11 is 12.2. The van der Waals surface area contributed by atoms with E-state index in [0.717, 1.165) is 24.1 Å². The average Bonchev–Trinajstić information content (AvgIpc) is 2.26. The van der Waals surface area contributed by atoms with Gasteiger partial charge in [-0.25, -0.2) is 0 Å². The summed E-state index contributed by atoms with van der Waals surface area (Å²) in [6.07, 6.45) is 3.37. The molecule has 0 rings (SSSR count). The van der Waals surface area contributed by atoms with Crippen LogP contribution in [0.4, 0.5) is 0 Å². The van der Waals surface area contributed by atoms with Crippen LogP contribution in [0.3, 0.4) is 0 Å². The van der Waals surface area contributed by atoms with E-state index < -0.39 is 0 Å². The summed E-state index contributed by atoms with van der Waals surface area (Å²) in [4.78, 5) is 19.1. The Labute approximate surface area is 177 Å². The molecule has 0 amide bonds. The van der Waals surface area contributed by atoms with Crippen LogP contribution in [-0.4, -0.2) is 32.7 Å². The smallest absolute Gasteiger partial charge is 0.385 e. The molecule has 0 fully saturated rings. The molecule has 0 spiro atoms. The van der Waals surface area contributed by atoms with Gasteiger partial charge in [-0.1, -0.05) is 48.0 Å². The minimum absolute atomic E-state index is 0. The van der Waals surface area contributed by atoms with Gasteiger partial charge in [-0.05, 0) is 6.42 Å². The number of aldehydes is 2. The molecule has 4 N–H and O–H groups in total. The Morgan fingerprint density at radius 3 is 1.42 bits per heavy atom. The third kappa shape index (κ3) is 38.3. The molecule has 98 valence electrons. The van der Waals surface area contributed by atoms with E-state index in [1.807, 2.05) is 0 Å². The van der Waals surface area contributed by atoms with Gasteiger partial charge >= 0.3 is 59.1 Å². The van der Waals surface area contributed by atoms with Crippen LogP contribution < -0.4 is 70.6 Å². The number of nitrogens with two attached hydrogens (primary N) is 2. The number of hydrogen-bond donors (Lipinski definition) is 2. The fourth-order valence-corrected chi connectivity index (χ4v) is 2.14. The standard InChI is InChI=1S/C5H8O2.C4H8N2S4.2Na/c6-4-2-1-3-5-7;5-3(7)9-1-2-10-4(6)8;;/h4-5H,1-3H2;1-2H2,(H2,5,7)(H2,6,8);;/q;;2*+1. The third-order valence-electron chi connectivity index (χ3n) is 1.22. The first-order valence-corrected chi connectivity index (χ1v) is 7.55. The minimum atomic E-state index is 0. The van der Waals surface area contributed by atoms with Crippen molar-refractivity contribution in [2.45, 2.75) is 19.3 Å². The van der Waals surface area contributed by atoms with E-state index in [2.05, 4.69) is 24.4 Å². The third-order valence-corrected chi connectivity index (χ3v) is 3.57. The minimum Gasteiger partial charge on any atom is -0.385 e. The first kappa shape index (κ1) is 28.9. The molecule has 0 saturated carbocycles. The van der Waals surface area contributed by atoms with Gasteiger partial charge < -0.3 is 21.1 Å². The normalized spacial score (nSPS) is 7.79. The molecule has 0 aromatic carbocycles. The molecule has 0 heterocycles. The van der Waals surface area contributed by atoms with Gasteiger partial charge in [0.1, 0.15) is 21.2 Å². The Bertz CT molecular complexity index is 234. The second-order valence-corrected chi connectivity index (χ2v) is 6.27. The van der Waals surface area contributed by atoms with E-state index in [0.29, 0.717) is 27.9 Å². The first-order chi connectivity index (χ1) is 8.04. The molecule has 0 atom stereocenters. The number of hydrogen-bond acceptors (Lipinski definition) is 6. The molecule has 0 bridgehead atoms. The summed E-state index contributed by atoms with van der Waals surface area (Å²) in [6, 6.07) is 0. The van der Waals surface area contributed by atoms with Crippen molar-refractivity contribution in [3.05, 3.63) is 0 Å². The molecule has 4 nitrogen and oxygen atoms in total. The Hall–Kier alpha value is 1.82. The topological polar surface area (TPSA) is 86.2 Å². The van der Waals surface area contributed by atoms with Gasteiger partial charge in [-0.3, -0.25) is 0 Å². The van der Waals surface area contributed by atoms with Crippen molar-refractivity contribution in [1.82, 2.24) is 0 Å². The number of carbonyl (C=O) groups is 2. The summed E-state index contributed by atoms with van der Waals surface area (Å²) in [5, 5.41) is 0. The second kappa shape index (κ2) is 24.8. The molecule has 0 aliphatic rings. The largest absolute Gasteiger partial charge is 1.00 e. The van der Waals surface area contributed by atoms with Crippen LogP contribution >= 0.6 is 48.0 Å². The molecule has 19 heavy (non-hydrogen) atoms. The molecule has 0 aliphatic carbocycles. The maximum absolute atomic E-state index is 9.56. The van der Waals surface area contributed by atoms with Crippen LogP contribution in [0.2, 0.25) is 0 Å². The van der Waals surface area contributed by atoms with Gasteiger partial charge in [-0.2, -0.15) is 0 Å². The zero-order chi connectivity index (χ0) is 13.5. The molecule has 0 aromatic heterocycles. The van der Waals surface area contributed by atoms with Crippen molar-refractivity contribution in [1.29, 1.82) is 0 Å². The van der Waals surface area contributed by atoms with E-state index in [1.165, 1.54) is 23.5 Å². The maximum Gasteiger partial charge on any atom is 1.00 e. The molecule has 0 aliphatic heterocycles. The number of thiocarbonyl (C=S) groups is 2. The summed E-state index contributed by atoms with van der Waals surface area (Å²) in [6.45, 7) is 0. The van der Waals surface area contributed by atoms with E-state index in [1.54, 1.807) is 0 Å². The van der Waals surface area contributed by atoms with Crippen LogP contribution in [0.5, 0.6) is 0 Å². The summed E-state index contributed by atoms with van der Waals surface area (Å²) in [5.74, 6) is 1.74. The fourth-order valence-electron chi connectivity index (χ4n) is 0.569. The Morgan fingerprint density at radius 1 is 0.895 bits per heavy atom. The number of thioether (sulfide) groups is 2. The zero-order valence-corrected chi connectivity index (χ0v) is 18.6. The summed E-state index contributed by atoms with van der Waals surface area (Å²) in [7, 11) is 0. The summed E-state index contributed by atoms with van der Waals surface area (Å²) in [5.41, 5.74) is 10.5. The van der Waals surface area contributed by atoms with Crippen LogP contribution in [0.1, 0.15) is 19.3 Å². The SMILES string of the molecule is NC(=S)SCCSC(N)=S.O=CCCCC=O.[Na+].[Na+]. The van der Waals surface area contributed by atoms with E-state index >= 15 is 0 Å². The molecular weight excluding hydrogens is 342 g/mol. The van der Waals surface area contributed by atoms with E-state index in [9.17, 15) is 9.59 Å². The monoisotopic (exact) mass is 358 g/mol. The quantitative estimate of drug-likeness (QED) is 0.204. The van der Waals surface area contributed by atoms with Gasteiger partial charge in [-0.15, -0.1) is 0 Å². The predicted octanol–water partition coefficient (Wildman–Crippen LogP) is -4.50. The van der Waals surface area contributed by atoms with Crippen molar-refractivity contribution in [3.8, 4) is 0 Å². The van der Waals surface area contributed by atoms with Crippen molar-refractivity contribution >= 4 is 69.2 Å².